The Morgan fingerprint density at radius 1 is 1.15 bits per heavy atom. The van der Waals surface area contributed by atoms with Crippen molar-refractivity contribution in [1.82, 2.24) is 19.9 Å². The molecule has 0 bridgehead atoms. The van der Waals surface area contributed by atoms with Crippen LogP contribution >= 0.6 is 0 Å². The SMILES string of the molecule is CCOCCc1noc(C2CC(c3ccc(C(F)(F)F)cc3)CN(C(=O)N3CC(O)C3)C2)n1. The molecule has 2 atom stereocenters. The molecule has 3 heterocycles. The number of ether oxygens (including phenoxy) is 1. The monoisotopic (exact) mass is 468 g/mol. The van der Waals surface area contributed by atoms with Gasteiger partial charge in [-0.05, 0) is 31.0 Å². The van der Waals surface area contributed by atoms with Gasteiger partial charge in [0.1, 0.15) is 0 Å². The molecule has 1 aromatic carbocycles. The van der Waals surface area contributed by atoms with Gasteiger partial charge in [-0.15, -0.1) is 0 Å². The van der Waals surface area contributed by atoms with Crippen LogP contribution in [0.1, 0.15) is 48.0 Å². The van der Waals surface area contributed by atoms with Crippen molar-refractivity contribution in [3.8, 4) is 0 Å². The minimum absolute atomic E-state index is 0.194. The lowest BCUT2D eigenvalue weighted by atomic mass is 9.84. The maximum absolute atomic E-state index is 13.0. The number of halogens is 3. The summed E-state index contributed by atoms with van der Waals surface area (Å²) in [6, 6.07) is 4.85. The van der Waals surface area contributed by atoms with E-state index in [-0.39, 0.29) is 31.0 Å². The Kier molecular flexibility index (Phi) is 6.89. The van der Waals surface area contributed by atoms with Gasteiger partial charge in [0.25, 0.3) is 0 Å². The maximum atomic E-state index is 13.0. The zero-order chi connectivity index (χ0) is 23.6. The third kappa shape index (κ3) is 5.47. The molecule has 0 radical (unpaired) electrons. The number of aliphatic hydroxyl groups is 1. The summed E-state index contributed by atoms with van der Waals surface area (Å²) in [6.45, 7) is 4.21. The second-order valence-electron chi connectivity index (χ2n) is 8.49. The summed E-state index contributed by atoms with van der Waals surface area (Å²) >= 11 is 0. The number of hydrogen-bond donors (Lipinski definition) is 1. The predicted molar refractivity (Wildman–Crippen MR) is 111 cm³/mol. The van der Waals surface area contributed by atoms with Crippen molar-refractivity contribution < 1.29 is 32.3 Å². The van der Waals surface area contributed by atoms with Crippen LogP contribution in [0, 0.1) is 0 Å². The van der Waals surface area contributed by atoms with Crippen molar-refractivity contribution in [3.63, 3.8) is 0 Å². The van der Waals surface area contributed by atoms with Crippen LogP contribution in [0.2, 0.25) is 0 Å². The normalized spacial score (nSPS) is 21.8. The summed E-state index contributed by atoms with van der Waals surface area (Å²) in [6.07, 6.45) is -3.87. The van der Waals surface area contributed by atoms with Crippen LogP contribution in [0.3, 0.4) is 0 Å². The second-order valence-corrected chi connectivity index (χ2v) is 8.49. The molecular weight excluding hydrogens is 441 g/mol. The number of benzene rings is 1. The first-order valence-electron chi connectivity index (χ1n) is 11.0. The fraction of sp³-hybridized carbons (Fsp3) is 0.591. The molecule has 2 fully saturated rings. The molecule has 0 aliphatic carbocycles. The predicted octanol–water partition coefficient (Wildman–Crippen LogP) is 3.04. The van der Waals surface area contributed by atoms with Crippen LogP contribution in [-0.4, -0.2) is 76.6 Å². The highest BCUT2D eigenvalue weighted by Crippen LogP contribution is 2.37. The lowest BCUT2D eigenvalue weighted by molar-refractivity contribution is -0.137. The van der Waals surface area contributed by atoms with Crippen molar-refractivity contribution in [2.24, 2.45) is 0 Å². The lowest BCUT2D eigenvalue weighted by Gasteiger charge is -2.43. The molecule has 2 aromatic rings. The van der Waals surface area contributed by atoms with E-state index in [1.165, 1.54) is 12.1 Å². The van der Waals surface area contributed by atoms with Crippen LogP contribution in [-0.2, 0) is 17.3 Å². The summed E-state index contributed by atoms with van der Waals surface area (Å²) < 4.78 is 49.7. The van der Waals surface area contributed by atoms with Gasteiger partial charge in [-0.3, -0.25) is 0 Å². The van der Waals surface area contributed by atoms with E-state index in [9.17, 15) is 23.1 Å². The van der Waals surface area contributed by atoms with Gasteiger partial charge in [0.2, 0.25) is 5.89 Å². The van der Waals surface area contributed by atoms with E-state index in [0.29, 0.717) is 56.4 Å². The smallest absolute Gasteiger partial charge is 0.389 e. The molecule has 2 aliphatic rings. The Balaban J connectivity index is 1.53. The van der Waals surface area contributed by atoms with E-state index in [1.54, 1.807) is 9.80 Å². The Morgan fingerprint density at radius 2 is 1.82 bits per heavy atom. The first-order chi connectivity index (χ1) is 15.7. The van der Waals surface area contributed by atoms with E-state index in [4.69, 9.17) is 9.26 Å². The molecule has 11 heteroatoms. The Labute approximate surface area is 189 Å². The Bertz CT molecular complexity index is 944. The topological polar surface area (TPSA) is 91.9 Å². The summed E-state index contributed by atoms with van der Waals surface area (Å²) in [5.74, 6) is 0.466. The third-order valence-electron chi connectivity index (χ3n) is 6.07. The average molecular weight is 468 g/mol. The quantitative estimate of drug-likeness (QED) is 0.656. The van der Waals surface area contributed by atoms with E-state index in [1.807, 2.05) is 6.92 Å². The van der Waals surface area contributed by atoms with E-state index in [2.05, 4.69) is 10.1 Å². The number of hydrogen-bond acceptors (Lipinski definition) is 6. The molecule has 1 aromatic heterocycles. The van der Waals surface area contributed by atoms with Gasteiger partial charge in [0.15, 0.2) is 5.82 Å². The number of aromatic nitrogens is 2. The largest absolute Gasteiger partial charge is 0.416 e. The molecule has 4 rings (SSSR count). The van der Waals surface area contributed by atoms with Gasteiger partial charge >= 0.3 is 12.2 Å². The van der Waals surface area contributed by atoms with Crippen molar-refractivity contribution in [1.29, 1.82) is 0 Å². The Morgan fingerprint density at radius 3 is 2.45 bits per heavy atom. The molecule has 180 valence electrons. The summed E-state index contributed by atoms with van der Waals surface area (Å²) in [5.41, 5.74) is 0.00202. The van der Waals surface area contributed by atoms with Gasteiger partial charge in [-0.25, -0.2) is 4.79 Å². The lowest BCUT2D eigenvalue weighted by Crippen LogP contribution is -2.59. The van der Waals surface area contributed by atoms with Gasteiger partial charge in [-0.1, -0.05) is 17.3 Å². The highest BCUT2D eigenvalue weighted by molar-refractivity contribution is 5.75. The molecular formula is C22H27F3N4O4. The van der Waals surface area contributed by atoms with Crippen molar-refractivity contribution in [2.45, 2.75) is 43.9 Å². The number of alkyl halides is 3. The van der Waals surface area contributed by atoms with Gasteiger partial charge in [0.05, 0.1) is 37.3 Å². The highest BCUT2D eigenvalue weighted by Gasteiger charge is 2.39. The number of carbonyl (C=O) groups is 1. The molecule has 33 heavy (non-hydrogen) atoms. The first kappa shape index (κ1) is 23.5. The number of rotatable bonds is 6. The minimum atomic E-state index is -4.41. The number of amides is 2. The fourth-order valence-electron chi connectivity index (χ4n) is 4.27. The zero-order valence-electron chi connectivity index (χ0n) is 18.3. The van der Waals surface area contributed by atoms with E-state index in [0.717, 1.165) is 12.1 Å². The van der Waals surface area contributed by atoms with Crippen molar-refractivity contribution in [2.75, 3.05) is 39.4 Å². The molecule has 0 saturated carbocycles. The van der Waals surface area contributed by atoms with Crippen LogP contribution in [0.25, 0.3) is 0 Å². The molecule has 2 aliphatic heterocycles. The molecule has 1 N–H and O–H groups in total. The first-order valence-corrected chi connectivity index (χ1v) is 11.0. The van der Waals surface area contributed by atoms with Crippen LogP contribution in [0.5, 0.6) is 0 Å². The van der Waals surface area contributed by atoms with Gasteiger partial charge in [-0.2, -0.15) is 18.2 Å². The van der Waals surface area contributed by atoms with Crippen LogP contribution in [0.15, 0.2) is 28.8 Å². The van der Waals surface area contributed by atoms with Gasteiger partial charge < -0.3 is 24.2 Å². The van der Waals surface area contributed by atoms with Gasteiger partial charge in [0, 0.05) is 32.0 Å². The molecule has 2 amide bonds. The number of aliphatic hydroxyl groups excluding tert-OH is 1. The van der Waals surface area contributed by atoms with Crippen molar-refractivity contribution >= 4 is 6.03 Å². The van der Waals surface area contributed by atoms with E-state index < -0.39 is 17.8 Å². The number of piperidine rings is 1. The Hall–Kier alpha value is -2.66. The van der Waals surface area contributed by atoms with Crippen LogP contribution < -0.4 is 0 Å². The maximum Gasteiger partial charge on any atom is 0.416 e. The third-order valence-corrected chi connectivity index (χ3v) is 6.07. The number of nitrogens with zero attached hydrogens (tertiary/aromatic N) is 4. The zero-order valence-corrected chi connectivity index (χ0v) is 18.3. The van der Waals surface area contributed by atoms with Crippen LogP contribution in [0.4, 0.5) is 18.0 Å². The van der Waals surface area contributed by atoms with Crippen molar-refractivity contribution in [3.05, 3.63) is 47.1 Å². The number of likely N-dealkylation sites (tertiary alicyclic amines) is 2. The highest BCUT2D eigenvalue weighted by atomic mass is 19.4. The summed E-state index contributed by atoms with van der Waals surface area (Å²) in [4.78, 5) is 20.6. The fourth-order valence-corrected chi connectivity index (χ4v) is 4.27. The number of β-amino-alcohol motifs (C(OH)–C–C–N with tert-alkyl or cyclic N) is 1. The second kappa shape index (κ2) is 9.68. The molecule has 2 saturated heterocycles. The number of urea groups is 1. The molecule has 8 nitrogen and oxygen atoms in total. The molecule has 0 spiro atoms. The molecule has 2 unspecified atom stereocenters. The number of carbonyl (C=O) groups excluding carboxylic acids is 1. The van der Waals surface area contributed by atoms with E-state index >= 15 is 0 Å². The average Bonchev–Trinajstić information content (AvgIpc) is 3.25. The summed E-state index contributed by atoms with van der Waals surface area (Å²) in [7, 11) is 0. The summed E-state index contributed by atoms with van der Waals surface area (Å²) in [5, 5.41) is 13.6. The minimum Gasteiger partial charge on any atom is -0.389 e. The standard InChI is InChI=1S/C22H27F3N4O4/c1-2-32-8-7-19-26-20(33-27-19)16-9-15(14-3-5-17(6-4-14)22(23,24)25)10-28(11-16)21(31)29-12-18(30)13-29/h3-6,15-16,18,30H,2,7-13H2,1H3.